The molecular weight excluding hydrogens is 616 g/mol. The van der Waals surface area contributed by atoms with Crippen molar-refractivity contribution in [3.05, 3.63) is 0 Å². The molecule has 0 bridgehead atoms. The van der Waals surface area contributed by atoms with Gasteiger partial charge in [0.05, 0.1) is 18.6 Å². The summed E-state index contributed by atoms with van der Waals surface area (Å²) in [5.74, 6) is -2.16. The van der Waals surface area contributed by atoms with Crippen LogP contribution in [0.2, 0.25) is 0 Å². The van der Waals surface area contributed by atoms with Crippen LogP contribution in [-0.2, 0) is 23.9 Å². The fraction of sp³-hybridized carbons (Fsp3) is 0.829. The second-order valence-corrected chi connectivity index (χ2v) is 17.2. The summed E-state index contributed by atoms with van der Waals surface area (Å²) in [6.07, 6.45) is 6.20. The third-order valence-corrected chi connectivity index (χ3v) is 11.2. The maximum Gasteiger partial charge on any atom is 0.410 e. The number of rotatable bonds is 14. The average Bonchev–Trinajstić information content (AvgIpc) is 3.29. The summed E-state index contributed by atoms with van der Waals surface area (Å²) in [5, 5.41) is 8.67. The lowest BCUT2D eigenvalue weighted by Gasteiger charge is -2.39. The van der Waals surface area contributed by atoms with Gasteiger partial charge in [-0.3, -0.25) is 19.2 Å². The van der Waals surface area contributed by atoms with Crippen LogP contribution in [-0.4, -0.2) is 95.8 Å². The van der Waals surface area contributed by atoms with E-state index in [9.17, 15) is 28.8 Å². The summed E-state index contributed by atoms with van der Waals surface area (Å²) in [4.78, 5) is 81.8. The van der Waals surface area contributed by atoms with Crippen molar-refractivity contribution in [2.75, 3.05) is 26.2 Å². The fourth-order valence-corrected chi connectivity index (χ4v) is 7.57. The molecule has 4 rings (SSSR count). The smallest absolute Gasteiger partial charge is 0.410 e. The molecule has 2 saturated carbocycles. The number of nitrogens with one attached hydrogen (secondary N) is 3. The second kappa shape index (κ2) is 14.2. The molecule has 2 aliphatic heterocycles. The molecule has 2 saturated heterocycles. The Balaban J connectivity index is 1.48. The first-order chi connectivity index (χ1) is 22.2. The zero-order valence-corrected chi connectivity index (χ0v) is 30.1. The van der Waals surface area contributed by atoms with Crippen molar-refractivity contribution in [1.82, 2.24) is 25.8 Å². The predicted octanol–water partition coefficient (Wildman–Crippen LogP) is 2.95. The Morgan fingerprint density at radius 2 is 1.65 bits per heavy atom. The van der Waals surface area contributed by atoms with E-state index < -0.39 is 70.6 Å². The lowest BCUT2D eigenvalue weighted by Crippen LogP contribution is -2.62. The van der Waals surface area contributed by atoms with E-state index in [2.05, 4.69) is 29.8 Å². The Hall–Kier alpha value is -3.38. The van der Waals surface area contributed by atoms with Crippen LogP contribution < -0.4 is 21.7 Å². The number of ketones is 1. The van der Waals surface area contributed by atoms with E-state index >= 15 is 0 Å². The van der Waals surface area contributed by atoms with Crippen molar-refractivity contribution in [3.63, 3.8) is 0 Å². The number of fused-ring (bicyclic) bond motifs is 1. The summed E-state index contributed by atoms with van der Waals surface area (Å²) in [6, 6.07) is -3.91. The normalized spacial score (nSPS) is 25.2. The number of Topliss-reactive ketones (excluding diaryl/α,β-unsaturated/α-hetero) is 1. The number of amides is 6. The van der Waals surface area contributed by atoms with Crippen molar-refractivity contribution in [3.8, 4) is 0 Å². The van der Waals surface area contributed by atoms with Crippen molar-refractivity contribution < 1.29 is 33.5 Å². The largest absolute Gasteiger partial charge is 0.448 e. The summed E-state index contributed by atoms with van der Waals surface area (Å²) in [5.41, 5.74) is 4.05. The molecular formula is C35H58N6O7. The van der Waals surface area contributed by atoms with Crippen molar-refractivity contribution in [1.29, 1.82) is 0 Å². The number of hydrogen-bond acceptors (Lipinski definition) is 7. The highest BCUT2D eigenvalue weighted by molar-refractivity contribution is 6.37. The number of unbranched alkanes of at least 4 members (excludes halogenated alkanes) is 1. The van der Waals surface area contributed by atoms with Gasteiger partial charge in [0, 0.05) is 13.1 Å². The van der Waals surface area contributed by atoms with E-state index in [1.165, 1.54) is 24.2 Å². The number of primary amides is 1. The third-order valence-electron chi connectivity index (χ3n) is 11.2. The van der Waals surface area contributed by atoms with Gasteiger partial charge in [-0.05, 0) is 40.4 Å². The number of likely N-dealkylation sites (tertiary alicyclic amines) is 1. The van der Waals surface area contributed by atoms with Crippen molar-refractivity contribution in [2.24, 2.45) is 39.7 Å². The van der Waals surface area contributed by atoms with Gasteiger partial charge < -0.3 is 36.2 Å². The molecule has 0 spiro atoms. The van der Waals surface area contributed by atoms with Crippen LogP contribution in [0.5, 0.6) is 0 Å². The Morgan fingerprint density at radius 1 is 0.979 bits per heavy atom. The summed E-state index contributed by atoms with van der Waals surface area (Å²) in [7, 11) is 0. The number of piperidine rings is 1. The van der Waals surface area contributed by atoms with Crippen molar-refractivity contribution >= 4 is 35.6 Å². The molecule has 2 aliphatic carbocycles. The van der Waals surface area contributed by atoms with Gasteiger partial charge >= 0.3 is 12.1 Å². The summed E-state index contributed by atoms with van der Waals surface area (Å²) >= 11 is 0. The number of carbonyl (C=O) groups is 6. The highest BCUT2D eigenvalue weighted by Gasteiger charge is 2.70. The maximum atomic E-state index is 14.4. The van der Waals surface area contributed by atoms with E-state index in [0.717, 1.165) is 12.8 Å². The third kappa shape index (κ3) is 8.42. The molecule has 48 heavy (non-hydrogen) atoms. The highest BCUT2D eigenvalue weighted by atomic mass is 16.6. The Morgan fingerprint density at radius 3 is 2.17 bits per heavy atom. The van der Waals surface area contributed by atoms with Crippen LogP contribution in [0.3, 0.4) is 0 Å². The highest BCUT2D eigenvalue weighted by Crippen LogP contribution is 2.65. The van der Waals surface area contributed by atoms with Gasteiger partial charge in [0.15, 0.2) is 0 Å². The molecule has 5 N–H and O–H groups in total. The summed E-state index contributed by atoms with van der Waals surface area (Å²) in [6.45, 7) is 16.8. The molecule has 270 valence electrons. The maximum absolute atomic E-state index is 14.4. The van der Waals surface area contributed by atoms with Gasteiger partial charge in [-0.1, -0.05) is 93.9 Å². The quantitative estimate of drug-likeness (QED) is 0.162. The second-order valence-electron chi connectivity index (χ2n) is 17.2. The van der Waals surface area contributed by atoms with Gasteiger partial charge in [-0.15, -0.1) is 0 Å². The standard InChI is InChI=1S/C35H58N6O7/c1-33(2,3)23(19-40-16-17-48-32(40)47)38-31(46)39-27(34(4,5)6)30(45)41-18-21-24(35(21,7)8)25(41)29(44)37-22(26(42)28(36)43)15-10-9-12-20-13-11-14-20/h20-25,27H,9-19H2,1-8H3,(H2,36,43)(H,37,44)(H2,38,39,46)/t21-,22?,23+,24-,25-,27+/m0/s1. The minimum atomic E-state index is -1.10. The molecule has 2 heterocycles. The molecule has 6 amide bonds. The van der Waals surface area contributed by atoms with Crippen LogP contribution in [0.4, 0.5) is 9.59 Å². The van der Waals surface area contributed by atoms with E-state index in [4.69, 9.17) is 10.5 Å². The number of carbonyl (C=O) groups excluding carboxylic acids is 6. The van der Waals surface area contributed by atoms with Crippen LogP contribution in [0.1, 0.15) is 100 Å². The molecule has 6 atom stereocenters. The molecule has 0 aromatic heterocycles. The number of hydrogen-bond donors (Lipinski definition) is 4. The molecule has 13 heteroatoms. The van der Waals surface area contributed by atoms with E-state index in [1.807, 2.05) is 41.5 Å². The fourth-order valence-electron chi connectivity index (χ4n) is 7.57. The number of nitrogens with zero attached hydrogens (tertiary/aromatic N) is 2. The topological polar surface area (TPSA) is 180 Å². The number of urea groups is 1. The van der Waals surface area contributed by atoms with Gasteiger partial charge in [-0.25, -0.2) is 9.59 Å². The van der Waals surface area contributed by atoms with Crippen LogP contribution in [0.25, 0.3) is 0 Å². The van der Waals surface area contributed by atoms with Crippen molar-refractivity contribution in [2.45, 2.75) is 125 Å². The number of cyclic esters (lactones) is 1. The van der Waals surface area contributed by atoms with E-state index in [0.29, 0.717) is 38.5 Å². The van der Waals surface area contributed by atoms with E-state index in [1.54, 1.807) is 4.90 Å². The zero-order chi connectivity index (χ0) is 35.8. The van der Waals surface area contributed by atoms with Crippen LogP contribution >= 0.6 is 0 Å². The first-order valence-corrected chi connectivity index (χ1v) is 17.7. The molecule has 0 radical (unpaired) electrons. The summed E-state index contributed by atoms with van der Waals surface area (Å²) < 4.78 is 5.06. The lowest BCUT2D eigenvalue weighted by atomic mass is 9.81. The number of ether oxygens (including phenoxy) is 1. The van der Waals surface area contributed by atoms with E-state index in [-0.39, 0.29) is 23.8 Å². The molecule has 0 aromatic rings. The molecule has 4 aliphatic rings. The van der Waals surface area contributed by atoms with Gasteiger partial charge in [0.25, 0.3) is 5.91 Å². The zero-order valence-electron chi connectivity index (χ0n) is 30.1. The van der Waals surface area contributed by atoms with Crippen LogP contribution in [0.15, 0.2) is 0 Å². The first-order valence-electron chi connectivity index (χ1n) is 17.7. The SMILES string of the molecule is CC(C)(C)[C@H](NC(=O)N[C@H](CN1CCOC1=O)C(C)(C)C)C(=O)N1C[C@H]2[C@@H]([C@H]1C(=O)NC(CCCCC1CCC1)C(=O)C(N)=O)C2(C)C. The number of nitrogens with two attached hydrogens (primary N) is 1. The van der Waals surface area contributed by atoms with Gasteiger partial charge in [0.1, 0.15) is 18.7 Å². The minimum Gasteiger partial charge on any atom is -0.448 e. The Labute approximate surface area is 285 Å². The predicted molar refractivity (Wildman–Crippen MR) is 179 cm³/mol. The molecule has 13 nitrogen and oxygen atoms in total. The van der Waals surface area contributed by atoms with Gasteiger partial charge in [0.2, 0.25) is 17.6 Å². The Bertz CT molecular complexity index is 1270. The molecule has 4 fully saturated rings. The minimum absolute atomic E-state index is 0.0740. The average molecular weight is 675 g/mol. The van der Waals surface area contributed by atoms with Crippen LogP contribution in [0, 0.1) is 34.0 Å². The molecule has 1 unspecified atom stereocenters. The lowest BCUT2D eigenvalue weighted by molar-refractivity contribution is -0.145. The van der Waals surface area contributed by atoms with Gasteiger partial charge in [-0.2, -0.15) is 0 Å². The molecule has 0 aromatic carbocycles. The Kier molecular flexibility index (Phi) is 11.1. The monoisotopic (exact) mass is 674 g/mol. The first kappa shape index (κ1) is 37.4.